The van der Waals surface area contributed by atoms with Gasteiger partial charge in [-0.3, -0.25) is 18.8 Å². The van der Waals surface area contributed by atoms with Gasteiger partial charge in [0.05, 0.1) is 12.2 Å². The lowest BCUT2D eigenvalue weighted by atomic mass is 9.97. The normalized spacial score (nSPS) is 17.9. The van der Waals surface area contributed by atoms with E-state index in [1.165, 1.54) is 33.8 Å². The second-order valence-electron chi connectivity index (χ2n) is 7.39. The van der Waals surface area contributed by atoms with Gasteiger partial charge in [0, 0.05) is 31.9 Å². The number of aromatic nitrogens is 2. The predicted molar refractivity (Wildman–Crippen MR) is 105 cm³/mol. The summed E-state index contributed by atoms with van der Waals surface area (Å²) in [5.41, 5.74) is 2.23. The predicted octanol–water partition coefficient (Wildman–Crippen LogP) is 1.76. The second-order valence-corrected chi connectivity index (χ2v) is 7.39. The summed E-state index contributed by atoms with van der Waals surface area (Å²) in [7, 11) is 0. The SMILES string of the molecule is O=C1C(=O)N(Cc2cc(=O)n3ccccc3n2)CCN1CCC1=CCCCC1. The third kappa shape index (κ3) is 3.83. The Morgan fingerprint density at radius 3 is 2.64 bits per heavy atom. The Kier molecular flexibility index (Phi) is 5.23. The van der Waals surface area contributed by atoms with Crippen LogP contribution >= 0.6 is 0 Å². The van der Waals surface area contributed by atoms with Crippen LogP contribution in [0.2, 0.25) is 0 Å². The lowest BCUT2D eigenvalue weighted by Crippen LogP contribution is -2.54. The number of nitrogens with zero attached hydrogens (tertiary/aromatic N) is 4. The van der Waals surface area contributed by atoms with Gasteiger partial charge < -0.3 is 9.80 Å². The summed E-state index contributed by atoms with van der Waals surface area (Å²) in [5.74, 6) is -0.973. The van der Waals surface area contributed by atoms with E-state index in [0.717, 1.165) is 19.3 Å². The van der Waals surface area contributed by atoms with Crippen LogP contribution in [-0.4, -0.2) is 50.6 Å². The van der Waals surface area contributed by atoms with E-state index in [1.54, 1.807) is 29.3 Å². The molecule has 7 heteroatoms. The number of rotatable bonds is 5. The maximum Gasteiger partial charge on any atom is 0.312 e. The van der Waals surface area contributed by atoms with Crippen LogP contribution in [0, 0.1) is 0 Å². The van der Waals surface area contributed by atoms with Crippen LogP contribution < -0.4 is 5.56 Å². The average Bonchev–Trinajstić information content (AvgIpc) is 2.72. The first-order valence-corrected chi connectivity index (χ1v) is 9.85. The molecule has 146 valence electrons. The van der Waals surface area contributed by atoms with Gasteiger partial charge in [-0.2, -0.15) is 0 Å². The standard InChI is InChI=1S/C21H24N4O3/c26-19-14-17(22-18-8-4-5-10-25(18)19)15-24-13-12-23(20(27)21(24)28)11-9-16-6-2-1-3-7-16/h4-6,8,10,14H,1-3,7,9,11-13,15H2. The first-order chi connectivity index (χ1) is 13.6. The van der Waals surface area contributed by atoms with Crippen LogP contribution in [0.3, 0.4) is 0 Å². The lowest BCUT2D eigenvalue weighted by molar-refractivity contribution is -0.156. The minimum absolute atomic E-state index is 0.171. The molecule has 0 unspecified atom stereocenters. The van der Waals surface area contributed by atoms with Gasteiger partial charge in [-0.1, -0.05) is 17.7 Å². The minimum atomic E-state index is -0.515. The summed E-state index contributed by atoms with van der Waals surface area (Å²) in [6.45, 7) is 1.74. The van der Waals surface area contributed by atoms with Gasteiger partial charge in [-0.05, 0) is 44.2 Å². The maximum absolute atomic E-state index is 12.5. The zero-order valence-electron chi connectivity index (χ0n) is 15.8. The Balaban J connectivity index is 1.41. The number of pyridine rings is 1. The highest BCUT2D eigenvalue weighted by Gasteiger charge is 2.32. The van der Waals surface area contributed by atoms with Gasteiger partial charge in [0.25, 0.3) is 5.56 Å². The average molecular weight is 380 g/mol. The van der Waals surface area contributed by atoms with Crippen molar-refractivity contribution in [3.8, 4) is 0 Å². The van der Waals surface area contributed by atoms with Crippen molar-refractivity contribution in [1.82, 2.24) is 19.2 Å². The highest BCUT2D eigenvalue weighted by molar-refractivity contribution is 6.35. The molecular weight excluding hydrogens is 356 g/mol. The van der Waals surface area contributed by atoms with E-state index in [4.69, 9.17) is 0 Å². The Morgan fingerprint density at radius 2 is 1.82 bits per heavy atom. The van der Waals surface area contributed by atoms with Gasteiger partial charge >= 0.3 is 11.8 Å². The molecule has 4 rings (SSSR count). The molecule has 0 N–H and O–H groups in total. The smallest absolute Gasteiger partial charge is 0.312 e. The molecule has 1 saturated heterocycles. The molecule has 2 aromatic heterocycles. The monoisotopic (exact) mass is 380 g/mol. The third-order valence-electron chi connectivity index (χ3n) is 5.46. The van der Waals surface area contributed by atoms with E-state index in [9.17, 15) is 14.4 Å². The molecule has 7 nitrogen and oxygen atoms in total. The summed E-state index contributed by atoms with van der Waals surface area (Å²) in [6.07, 6.45) is 9.46. The molecule has 0 aromatic carbocycles. The molecule has 0 saturated carbocycles. The second kappa shape index (κ2) is 7.96. The number of amides is 2. The third-order valence-corrected chi connectivity index (χ3v) is 5.46. The number of allylic oxidation sites excluding steroid dienone is 1. The van der Waals surface area contributed by atoms with Gasteiger partial charge in [0.1, 0.15) is 5.65 Å². The topological polar surface area (TPSA) is 75.0 Å². The van der Waals surface area contributed by atoms with Crippen molar-refractivity contribution in [3.05, 3.63) is 58.2 Å². The van der Waals surface area contributed by atoms with Crippen LogP contribution in [0.1, 0.15) is 37.8 Å². The van der Waals surface area contributed by atoms with E-state index < -0.39 is 11.8 Å². The number of piperazine rings is 1. The summed E-state index contributed by atoms with van der Waals surface area (Å²) >= 11 is 0. The van der Waals surface area contributed by atoms with Crippen LogP contribution in [-0.2, 0) is 16.1 Å². The lowest BCUT2D eigenvalue weighted by Gasteiger charge is -2.34. The first kappa shape index (κ1) is 18.4. The van der Waals surface area contributed by atoms with E-state index in [-0.39, 0.29) is 12.1 Å². The first-order valence-electron chi connectivity index (χ1n) is 9.85. The van der Waals surface area contributed by atoms with Crippen LogP contribution in [0.4, 0.5) is 0 Å². The zero-order chi connectivity index (χ0) is 19.5. The van der Waals surface area contributed by atoms with Crippen molar-refractivity contribution in [3.63, 3.8) is 0 Å². The van der Waals surface area contributed by atoms with Crippen molar-refractivity contribution in [2.75, 3.05) is 19.6 Å². The van der Waals surface area contributed by atoms with Crippen molar-refractivity contribution >= 4 is 17.5 Å². The molecule has 0 bridgehead atoms. The largest absolute Gasteiger partial charge is 0.332 e. The maximum atomic E-state index is 12.5. The molecule has 0 radical (unpaired) electrons. The molecule has 0 atom stereocenters. The molecule has 3 heterocycles. The quantitative estimate of drug-likeness (QED) is 0.585. The molecule has 2 aromatic rings. The highest BCUT2D eigenvalue weighted by atomic mass is 16.2. The fraction of sp³-hybridized carbons (Fsp3) is 0.429. The summed E-state index contributed by atoms with van der Waals surface area (Å²) in [4.78, 5) is 44.8. The van der Waals surface area contributed by atoms with E-state index in [2.05, 4.69) is 11.1 Å². The molecule has 2 amide bonds. The number of carbonyl (C=O) groups excluding carboxylic acids is 2. The van der Waals surface area contributed by atoms with Crippen LogP contribution in [0.25, 0.3) is 5.65 Å². The highest BCUT2D eigenvalue weighted by Crippen LogP contribution is 2.21. The van der Waals surface area contributed by atoms with E-state index in [0.29, 0.717) is 31.0 Å². The Labute approximate surface area is 163 Å². The molecule has 0 spiro atoms. The fourth-order valence-electron chi connectivity index (χ4n) is 3.87. The number of hydrogen-bond donors (Lipinski definition) is 0. The van der Waals surface area contributed by atoms with Gasteiger partial charge in [0.2, 0.25) is 0 Å². The van der Waals surface area contributed by atoms with Crippen LogP contribution in [0.15, 0.2) is 46.9 Å². The van der Waals surface area contributed by atoms with Crippen molar-refractivity contribution in [2.24, 2.45) is 0 Å². The van der Waals surface area contributed by atoms with Crippen molar-refractivity contribution < 1.29 is 9.59 Å². The summed E-state index contributed by atoms with van der Waals surface area (Å²) < 4.78 is 1.45. The van der Waals surface area contributed by atoms with Gasteiger partial charge in [0.15, 0.2) is 0 Å². The van der Waals surface area contributed by atoms with Gasteiger partial charge in [-0.25, -0.2) is 4.98 Å². The van der Waals surface area contributed by atoms with Crippen molar-refractivity contribution in [2.45, 2.75) is 38.6 Å². The number of carbonyl (C=O) groups is 2. The Bertz CT molecular complexity index is 995. The minimum Gasteiger partial charge on any atom is -0.332 e. The molecule has 1 aliphatic carbocycles. The zero-order valence-corrected chi connectivity index (χ0v) is 15.8. The van der Waals surface area contributed by atoms with Crippen LogP contribution in [0.5, 0.6) is 0 Å². The molecule has 2 aliphatic rings. The van der Waals surface area contributed by atoms with E-state index in [1.807, 2.05) is 0 Å². The molecule has 1 aliphatic heterocycles. The fourth-order valence-corrected chi connectivity index (χ4v) is 3.87. The van der Waals surface area contributed by atoms with E-state index >= 15 is 0 Å². The Hall–Kier alpha value is -2.96. The number of fused-ring (bicyclic) bond motifs is 1. The van der Waals surface area contributed by atoms with Crippen molar-refractivity contribution in [1.29, 1.82) is 0 Å². The summed E-state index contributed by atoms with van der Waals surface area (Å²) in [5, 5.41) is 0. The number of hydrogen-bond acceptors (Lipinski definition) is 4. The van der Waals surface area contributed by atoms with Gasteiger partial charge in [-0.15, -0.1) is 0 Å². The molecular formula is C21H24N4O3. The summed E-state index contributed by atoms with van der Waals surface area (Å²) in [6, 6.07) is 6.74. The molecule has 28 heavy (non-hydrogen) atoms. The molecule has 1 fully saturated rings. The Morgan fingerprint density at radius 1 is 1.00 bits per heavy atom.